The van der Waals surface area contributed by atoms with Crippen LogP contribution in [-0.2, 0) is 6.54 Å². The normalized spacial score (nSPS) is 14.2. The molecule has 1 aromatic carbocycles. The Morgan fingerprint density at radius 1 is 0.973 bits per heavy atom. The molecule has 0 unspecified atom stereocenters. The molecule has 0 aliphatic carbocycles. The van der Waals surface area contributed by atoms with Gasteiger partial charge in [0.15, 0.2) is 0 Å². The van der Waals surface area contributed by atoms with Gasteiger partial charge in [-0.05, 0) is 49.9 Å². The summed E-state index contributed by atoms with van der Waals surface area (Å²) < 4.78 is 0. The third-order valence-electron chi connectivity index (χ3n) is 6.74. The van der Waals surface area contributed by atoms with Gasteiger partial charge in [0.2, 0.25) is 5.95 Å². The number of nitrogens with zero attached hydrogens (tertiary/aromatic N) is 7. The lowest BCUT2D eigenvalue weighted by Gasteiger charge is -2.34. The second kappa shape index (κ2) is 11.7. The number of pyridine rings is 2. The van der Waals surface area contributed by atoms with Crippen molar-refractivity contribution in [2.24, 2.45) is 0 Å². The molecule has 192 valence electrons. The molecule has 0 saturated carbocycles. The molecule has 1 fully saturated rings. The van der Waals surface area contributed by atoms with Gasteiger partial charge in [-0.3, -0.25) is 9.97 Å². The van der Waals surface area contributed by atoms with E-state index in [-0.39, 0.29) is 0 Å². The van der Waals surface area contributed by atoms with Crippen LogP contribution in [0.1, 0.15) is 18.3 Å². The third-order valence-corrected chi connectivity index (χ3v) is 6.97. The average molecular weight is 517 g/mol. The Bertz CT molecular complexity index is 1320. The lowest BCUT2D eigenvalue weighted by Crippen LogP contribution is -2.47. The number of aromatic nitrogens is 4. The van der Waals surface area contributed by atoms with Gasteiger partial charge in [0, 0.05) is 79.5 Å². The first-order valence-corrected chi connectivity index (χ1v) is 13.2. The number of piperazine rings is 1. The molecule has 9 heteroatoms. The second-order valence-corrected chi connectivity index (χ2v) is 9.71. The van der Waals surface area contributed by atoms with E-state index < -0.39 is 0 Å². The molecule has 3 aromatic heterocycles. The molecular formula is C28H33ClN8. The van der Waals surface area contributed by atoms with Crippen LogP contribution in [0, 0.1) is 6.92 Å². The third kappa shape index (κ3) is 6.26. The first kappa shape index (κ1) is 25.2. The van der Waals surface area contributed by atoms with E-state index in [0.29, 0.717) is 11.6 Å². The first-order valence-electron chi connectivity index (χ1n) is 12.8. The standard InChI is InChI=1S/C28H33ClN8/c1-3-35-14-16-36(17-15-35)28-33-21(2)18-27(34-28)37(20-23-6-4-5-10-30-23)13-12-32-25-9-11-31-26-19-22(29)7-8-24(25)26/h4-11,18-19H,3,12-17,20H2,1-2H3,(H,31,32). The minimum Gasteiger partial charge on any atom is -0.383 e. The van der Waals surface area contributed by atoms with Gasteiger partial charge in [0.25, 0.3) is 0 Å². The van der Waals surface area contributed by atoms with Crippen LogP contribution in [0.2, 0.25) is 5.02 Å². The highest BCUT2D eigenvalue weighted by Crippen LogP contribution is 2.25. The Kier molecular flexibility index (Phi) is 7.96. The summed E-state index contributed by atoms with van der Waals surface area (Å²) in [5, 5.41) is 5.33. The van der Waals surface area contributed by atoms with E-state index in [4.69, 9.17) is 21.6 Å². The lowest BCUT2D eigenvalue weighted by atomic mass is 10.2. The van der Waals surface area contributed by atoms with Crippen molar-refractivity contribution in [3.05, 3.63) is 77.3 Å². The summed E-state index contributed by atoms with van der Waals surface area (Å²) in [6, 6.07) is 15.9. The number of aryl methyl sites for hydroxylation is 1. The highest BCUT2D eigenvalue weighted by molar-refractivity contribution is 6.31. The van der Waals surface area contributed by atoms with Crippen LogP contribution in [0.4, 0.5) is 17.5 Å². The van der Waals surface area contributed by atoms with E-state index in [2.05, 4.69) is 49.0 Å². The number of nitrogens with one attached hydrogen (secondary N) is 1. The number of hydrogen-bond donors (Lipinski definition) is 1. The topological polar surface area (TPSA) is 73.3 Å². The molecule has 0 radical (unpaired) electrons. The zero-order valence-corrected chi connectivity index (χ0v) is 22.2. The molecular weight excluding hydrogens is 484 g/mol. The summed E-state index contributed by atoms with van der Waals surface area (Å²) in [5.41, 5.74) is 3.88. The van der Waals surface area contributed by atoms with E-state index >= 15 is 0 Å². The number of halogens is 1. The number of benzene rings is 1. The molecule has 37 heavy (non-hydrogen) atoms. The molecule has 8 nitrogen and oxygen atoms in total. The Balaban J connectivity index is 1.36. The first-order chi connectivity index (χ1) is 18.1. The fourth-order valence-electron chi connectivity index (χ4n) is 4.67. The van der Waals surface area contributed by atoms with Gasteiger partial charge < -0.3 is 20.0 Å². The van der Waals surface area contributed by atoms with Gasteiger partial charge in [-0.2, -0.15) is 4.98 Å². The smallest absolute Gasteiger partial charge is 0.227 e. The van der Waals surface area contributed by atoms with Crippen LogP contribution in [0.25, 0.3) is 10.9 Å². The fourth-order valence-corrected chi connectivity index (χ4v) is 4.83. The molecule has 0 spiro atoms. The van der Waals surface area contributed by atoms with Gasteiger partial charge in [-0.15, -0.1) is 0 Å². The predicted molar refractivity (Wildman–Crippen MR) is 152 cm³/mol. The van der Waals surface area contributed by atoms with Gasteiger partial charge in [0.1, 0.15) is 5.82 Å². The Morgan fingerprint density at radius 3 is 2.62 bits per heavy atom. The van der Waals surface area contributed by atoms with E-state index in [0.717, 1.165) is 85.6 Å². The summed E-state index contributed by atoms with van der Waals surface area (Å²) >= 11 is 6.17. The average Bonchev–Trinajstić information content (AvgIpc) is 2.92. The quantitative estimate of drug-likeness (QED) is 0.345. The summed E-state index contributed by atoms with van der Waals surface area (Å²) in [6.45, 7) is 11.4. The van der Waals surface area contributed by atoms with Crippen LogP contribution in [0.3, 0.4) is 0 Å². The summed E-state index contributed by atoms with van der Waals surface area (Å²) in [5.74, 6) is 1.72. The molecule has 1 N–H and O–H groups in total. The van der Waals surface area contributed by atoms with Gasteiger partial charge in [0.05, 0.1) is 17.8 Å². The maximum atomic E-state index is 6.17. The molecule has 4 heterocycles. The van der Waals surface area contributed by atoms with Crippen molar-refractivity contribution in [2.45, 2.75) is 20.4 Å². The van der Waals surface area contributed by atoms with Gasteiger partial charge in [-0.1, -0.05) is 24.6 Å². The molecule has 1 aliphatic heterocycles. The minimum atomic E-state index is 0.661. The molecule has 1 aliphatic rings. The van der Waals surface area contributed by atoms with Crippen LogP contribution >= 0.6 is 11.6 Å². The summed E-state index contributed by atoms with van der Waals surface area (Å²) in [7, 11) is 0. The zero-order chi connectivity index (χ0) is 25.6. The van der Waals surface area contributed by atoms with E-state index in [9.17, 15) is 0 Å². The molecule has 1 saturated heterocycles. The Labute approximate surface area is 223 Å². The molecule has 0 amide bonds. The SMILES string of the molecule is CCN1CCN(c2nc(C)cc(N(CCNc3ccnc4cc(Cl)ccc34)Cc3ccccn3)n2)CC1. The highest BCUT2D eigenvalue weighted by Gasteiger charge is 2.20. The second-order valence-electron chi connectivity index (χ2n) is 9.28. The van der Waals surface area contributed by atoms with Crippen molar-refractivity contribution in [1.82, 2.24) is 24.8 Å². The van der Waals surface area contributed by atoms with Crippen molar-refractivity contribution in [3.63, 3.8) is 0 Å². The summed E-state index contributed by atoms with van der Waals surface area (Å²) in [4.78, 5) is 25.9. The fraction of sp³-hybridized carbons (Fsp3) is 0.357. The Morgan fingerprint density at radius 2 is 1.84 bits per heavy atom. The number of fused-ring (bicyclic) bond motifs is 1. The van der Waals surface area contributed by atoms with E-state index in [1.807, 2.05) is 55.7 Å². The molecule has 0 atom stereocenters. The number of rotatable bonds is 9. The maximum Gasteiger partial charge on any atom is 0.227 e. The van der Waals surface area contributed by atoms with Crippen LogP contribution in [-0.4, -0.2) is 70.6 Å². The molecule has 5 rings (SSSR count). The number of anilines is 3. The van der Waals surface area contributed by atoms with Crippen LogP contribution in [0.15, 0.2) is 60.9 Å². The Hall–Kier alpha value is -3.49. The molecule has 4 aromatic rings. The van der Waals surface area contributed by atoms with Crippen molar-refractivity contribution in [1.29, 1.82) is 0 Å². The highest BCUT2D eigenvalue weighted by atomic mass is 35.5. The van der Waals surface area contributed by atoms with E-state index in [1.165, 1.54) is 0 Å². The van der Waals surface area contributed by atoms with Crippen molar-refractivity contribution < 1.29 is 0 Å². The molecule has 0 bridgehead atoms. The summed E-state index contributed by atoms with van der Waals surface area (Å²) in [6.07, 6.45) is 3.65. The van der Waals surface area contributed by atoms with Crippen molar-refractivity contribution in [3.8, 4) is 0 Å². The lowest BCUT2D eigenvalue weighted by molar-refractivity contribution is 0.270. The van der Waals surface area contributed by atoms with Crippen molar-refractivity contribution >= 4 is 40.0 Å². The largest absolute Gasteiger partial charge is 0.383 e. The zero-order valence-electron chi connectivity index (χ0n) is 21.4. The number of likely N-dealkylation sites (N-methyl/N-ethyl adjacent to an activating group) is 1. The van der Waals surface area contributed by atoms with Gasteiger partial charge >= 0.3 is 0 Å². The number of hydrogen-bond acceptors (Lipinski definition) is 8. The van der Waals surface area contributed by atoms with E-state index in [1.54, 1.807) is 0 Å². The van der Waals surface area contributed by atoms with Crippen LogP contribution < -0.4 is 15.1 Å². The van der Waals surface area contributed by atoms with Gasteiger partial charge in [-0.25, -0.2) is 4.98 Å². The predicted octanol–water partition coefficient (Wildman–Crippen LogP) is 4.64. The minimum absolute atomic E-state index is 0.661. The monoisotopic (exact) mass is 516 g/mol. The van der Waals surface area contributed by atoms with Crippen molar-refractivity contribution in [2.75, 3.05) is 60.9 Å². The maximum absolute atomic E-state index is 6.17. The van der Waals surface area contributed by atoms with Crippen LogP contribution in [0.5, 0.6) is 0 Å².